The van der Waals surface area contributed by atoms with Gasteiger partial charge in [0.2, 0.25) is 0 Å². The van der Waals surface area contributed by atoms with Crippen LogP contribution >= 0.6 is 11.6 Å². The highest BCUT2D eigenvalue weighted by Crippen LogP contribution is 2.36. The van der Waals surface area contributed by atoms with Crippen molar-refractivity contribution in [3.8, 4) is 0 Å². The maximum atomic E-state index is 12.7. The molecule has 0 amide bonds. The van der Waals surface area contributed by atoms with Crippen LogP contribution in [0.5, 0.6) is 0 Å². The molecule has 17 heavy (non-hydrogen) atoms. The van der Waals surface area contributed by atoms with Gasteiger partial charge < -0.3 is 0 Å². The van der Waals surface area contributed by atoms with Gasteiger partial charge in [-0.1, -0.05) is 31.5 Å². The number of Topliss-reactive ketones (excluding diaryl/α,β-unsaturated/α-hetero) is 1. The van der Waals surface area contributed by atoms with Crippen molar-refractivity contribution < 1.29 is 18.0 Å². The molecule has 1 rings (SSSR count). The van der Waals surface area contributed by atoms with Gasteiger partial charge in [0.1, 0.15) is 0 Å². The number of rotatable bonds is 3. The quantitative estimate of drug-likeness (QED) is 0.730. The molecule has 0 bridgehead atoms. The summed E-state index contributed by atoms with van der Waals surface area (Å²) in [5.41, 5.74) is -1.38. The molecule has 1 nitrogen and oxygen atoms in total. The number of hydrogen-bond donors (Lipinski definition) is 0. The fraction of sp³-hybridized carbons (Fsp3) is 0.417. The summed E-state index contributed by atoms with van der Waals surface area (Å²) < 4.78 is 38.2. The van der Waals surface area contributed by atoms with Crippen LogP contribution in [-0.2, 0) is 6.18 Å². The van der Waals surface area contributed by atoms with E-state index >= 15 is 0 Å². The first-order valence-electron chi connectivity index (χ1n) is 5.19. The molecule has 0 radical (unpaired) electrons. The second-order valence-electron chi connectivity index (χ2n) is 3.83. The normalized spacial score (nSPS) is 13.5. The minimum Gasteiger partial charge on any atom is -0.294 e. The van der Waals surface area contributed by atoms with Gasteiger partial charge in [0.25, 0.3) is 0 Å². The Balaban J connectivity index is 3.36. The molecule has 0 aromatic heterocycles. The summed E-state index contributed by atoms with van der Waals surface area (Å²) in [6.45, 7) is 3.33. The van der Waals surface area contributed by atoms with Gasteiger partial charge in [-0.05, 0) is 18.6 Å². The Morgan fingerprint density at radius 3 is 2.47 bits per heavy atom. The van der Waals surface area contributed by atoms with Gasteiger partial charge in [-0.15, -0.1) is 0 Å². The summed E-state index contributed by atoms with van der Waals surface area (Å²) in [4.78, 5) is 11.9. The van der Waals surface area contributed by atoms with Crippen molar-refractivity contribution in [2.75, 3.05) is 0 Å². The van der Waals surface area contributed by atoms with E-state index in [0.717, 1.165) is 6.07 Å². The van der Waals surface area contributed by atoms with Crippen molar-refractivity contribution in [3.63, 3.8) is 0 Å². The Morgan fingerprint density at radius 1 is 1.41 bits per heavy atom. The van der Waals surface area contributed by atoms with E-state index in [-0.39, 0.29) is 5.02 Å². The number of carbonyl (C=O) groups excluding carboxylic acids is 1. The van der Waals surface area contributed by atoms with Gasteiger partial charge >= 0.3 is 6.18 Å². The van der Waals surface area contributed by atoms with Crippen molar-refractivity contribution in [1.29, 1.82) is 0 Å². The highest BCUT2D eigenvalue weighted by Gasteiger charge is 2.36. The Kier molecular flexibility index (Phi) is 4.20. The summed E-state index contributed by atoms with van der Waals surface area (Å²) in [7, 11) is 0. The first kappa shape index (κ1) is 14.0. The van der Waals surface area contributed by atoms with E-state index in [0.29, 0.717) is 6.42 Å². The topological polar surface area (TPSA) is 17.1 Å². The molecule has 0 heterocycles. The van der Waals surface area contributed by atoms with E-state index in [1.54, 1.807) is 13.8 Å². The van der Waals surface area contributed by atoms with Crippen molar-refractivity contribution >= 4 is 17.4 Å². The first-order valence-corrected chi connectivity index (χ1v) is 5.56. The van der Waals surface area contributed by atoms with E-state index in [1.807, 2.05) is 0 Å². The smallest absolute Gasteiger partial charge is 0.294 e. The third-order valence-electron chi connectivity index (χ3n) is 2.63. The van der Waals surface area contributed by atoms with Crippen LogP contribution in [0.2, 0.25) is 5.02 Å². The van der Waals surface area contributed by atoms with Crippen LogP contribution < -0.4 is 0 Å². The lowest BCUT2D eigenvalue weighted by atomic mass is 9.93. The fourth-order valence-corrected chi connectivity index (χ4v) is 1.71. The number of alkyl halides is 3. The number of ketones is 1. The SMILES string of the molecule is CCC(C)C(=O)c1c(Cl)cccc1C(F)(F)F. The minimum absolute atomic E-state index is 0.148. The van der Waals surface area contributed by atoms with Crippen molar-refractivity contribution in [2.45, 2.75) is 26.4 Å². The molecule has 1 unspecified atom stereocenters. The molecule has 0 saturated heterocycles. The average molecular weight is 265 g/mol. The van der Waals surface area contributed by atoms with Gasteiger partial charge in [-0.25, -0.2) is 0 Å². The Hall–Kier alpha value is -1.03. The fourth-order valence-electron chi connectivity index (χ4n) is 1.44. The van der Waals surface area contributed by atoms with E-state index in [4.69, 9.17) is 11.6 Å². The van der Waals surface area contributed by atoms with Crippen molar-refractivity contribution in [2.24, 2.45) is 5.92 Å². The molecule has 1 aromatic rings. The second kappa shape index (κ2) is 5.08. The average Bonchev–Trinajstić information content (AvgIpc) is 2.25. The molecule has 0 aliphatic heterocycles. The molecule has 0 N–H and O–H groups in total. The Morgan fingerprint density at radius 2 is 2.00 bits per heavy atom. The van der Waals surface area contributed by atoms with Gasteiger partial charge in [-0.2, -0.15) is 13.2 Å². The lowest BCUT2D eigenvalue weighted by Crippen LogP contribution is -2.18. The van der Waals surface area contributed by atoms with Crippen LogP contribution in [0, 0.1) is 5.92 Å². The second-order valence-corrected chi connectivity index (χ2v) is 4.24. The number of hydrogen-bond acceptors (Lipinski definition) is 1. The molecule has 0 aliphatic rings. The minimum atomic E-state index is -4.57. The molecule has 5 heteroatoms. The zero-order valence-electron chi connectivity index (χ0n) is 9.44. The summed E-state index contributed by atoms with van der Waals surface area (Å²) in [6.07, 6.45) is -4.09. The highest BCUT2D eigenvalue weighted by molar-refractivity contribution is 6.34. The van der Waals surface area contributed by atoms with E-state index in [9.17, 15) is 18.0 Å². The summed E-state index contributed by atoms with van der Waals surface area (Å²) in [5, 5.41) is -0.148. The molecule has 0 aliphatic carbocycles. The van der Waals surface area contributed by atoms with Gasteiger partial charge in [0.15, 0.2) is 5.78 Å². The zero-order chi connectivity index (χ0) is 13.2. The van der Waals surface area contributed by atoms with Crippen LogP contribution in [0.3, 0.4) is 0 Å². The van der Waals surface area contributed by atoms with Gasteiger partial charge in [-0.3, -0.25) is 4.79 Å². The maximum absolute atomic E-state index is 12.7. The van der Waals surface area contributed by atoms with E-state index < -0.39 is 29.0 Å². The van der Waals surface area contributed by atoms with Crippen molar-refractivity contribution in [3.05, 3.63) is 34.3 Å². The van der Waals surface area contributed by atoms with E-state index in [2.05, 4.69) is 0 Å². The van der Waals surface area contributed by atoms with E-state index in [1.165, 1.54) is 12.1 Å². The molecular formula is C12H12ClF3O. The third-order valence-corrected chi connectivity index (χ3v) is 2.94. The lowest BCUT2D eigenvalue weighted by Gasteiger charge is -2.15. The number of benzene rings is 1. The standard InChI is InChI=1S/C12H12ClF3O/c1-3-7(2)11(17)10-8(12(14,15)16)5-4-6-9(10)13/h4-7H,3H2,1-2H3. The van der Waals surface area contributed by atoms with Crippen LogP contribution in [0.25, 0.3) is 0 Å². The highest BCUT2D eigenvalue weighted by atomic mass is 35.5. The summed E-state index contributed by atoms with van der Waals surface area (Å²) in [5.74, 6) is -1.04. The van der Waals surface area contributed by atoms with Crippen molar-refractivity contribution in [1.82, 2.24) is 0 Å². The lowest BCUT2D eigenvalue weighted by molar-refractivity contribution is -0.137. The monoisotopic (exact) mass is 264 g/mol. The van der Waals surface area contributed by atoms with Crippen LogP contribution in [0.1, 0.15) is 36.2 Å². The summed E-state index contributed by atoms with van der Waals surface area (Å²) >= 11 is 5.71. The predicted molar refractivity (Wildman–Crippen MR) is 60.2 cm³/mol. The molecule has 0 spiro atoms. The predicted octanol–water partition coefficient (Wildman–Crippen LogP) is 4.59. The van der Waals surface area contributed by atoms with Gasteiger partial charge in [0.05, 0.1) is 10.6 Å². The van der Waals surface area contributed by atoms with Gasteiger partial charge in [0, 0.05) is 11.5 Å². The largest absolute Gasteiger partial charge is 0.417 e. The first-order chi connectivity index (χ1) is 7.79. The Bertz CT molecular complexity index is 426. The van der Waals surface area contributed by atoms with Crippen LogP contribution in [0.15, 0.2) is 18.2 Å². The summed E-state index contributed by atoms with van der Waals surface area (Å²) in [6, 6.07) is 3.37. The molecule has 1 aromatic carbocycles. The molecule has 1 atom stereocenters. The molecule has 94 valence electrons. The molecule has 0 fully saturated rings. The van der Waals surface area contributed by atoms with Crippen LogP contribution in [0.4, 0.5) is 13.2 Å². The number of halogens is 4. The Labute approximate surface area is 103 Å². The molecule has 0 saturated carbocycles. The maximum Gasteiger partial charge on any atom is 0.417 e. The molecular weight excluding hydrogens is 253 g/mol. The van der Waals surface area contributed by atoms with Crippen LogP contribution in [-0.4, -0.2) is 5.78 Å². The zero-order valence-corrected chi connectivity index (χ0v) is 10.2. The number of carbonyl (C=O) groups is 1. The third kappa shape index (κ3) is 3.00.